The van der Waals surface area contributed by atoms with Crippen LogP contribution in [0.2, 0.25) is 0 Å². The first-order chi connectivity index (χ1) is 15.5. The predicted octanol–water partition coefficient (Wildman–Crippen LogP) is 3.93. The molecule has 1 aliphatic rings. The van der Waals surface area contributed by atoms with Crippen LogP contribution in [-0.4, -0.2) is 37.8 Å². The molecule has 0 saturated heterocycles. The summed E-state index contributed by atoms with van der Waals surface area (Å²) in [6.45, 7) is 1.97. The Kier molecular flexibility index (Phi) is 5.04. The number of methoxy groups -OCH3 is 1. The van der Waals surface area contributed by atoms with Gasteiger partial charge in [-0.25, -0.2) is 13.8 Å². The van der Waals surface area contributed by atoms with E-state index in [1.54, 1.807) is 16.9 Å². The maximum Gasteiger partial charge on any atom is 0.316 e. The van der Waals surface area contributed by atoms with Gasteiger partial charge in [0.25, 0.3) is 0 Å². The molecule has 8 nitrogen and oxygen atoms in total. The van der Waals surface area contributed by atoms with Crippen molar-refractivity contribution in [2.45, 2.75) is 32.4 Å². The molecule has 0 amide bonds. The number of benzene rings is 1. The second-order valence-electron chi connectivity index (χ2n) is 7.55. The highest BCUT2D eigenvalue weighted by atomic mass is 19.1. The molecule has 0 radical (unpaired) electrons. The van der Waals surface area contributed by atoms with E-state index < -0.39 is 11.6 Å². The van der Waals surface area contributed by atoms with Crippen molar-refractivity contribution in [3.63, 3.8) is 0 Å². The number of rotatable bonds is 7. The normalized spacial score (nSPS) is 13.4. The average molecular weight is 438 g/mol. The van der Waals surface area contributed by atoms with E-state index in [0.29, 0.717) is 17.5 Å². The summed E-state index contributed by atoms with van der Waals surface area (Å²) in [5.41, 5.74) is 3.18. The van der Waals surface area contributed by atoms with Gasteiger partial charge in [0.15, 0.2) is 5.65 Å². The summed E-state index contributed by atoms with van der Waals surface area (Å²) in [7, 11) is 1.37. The molecule has 1 aliphatic carbocycles. The third-order valence-electron chi connectivity index (χ3n) is 5.29. The predicted molar refractivity (Wildman–Crippen MR) is 113 cm³/mol. The second-order valence-corrected chi connectivity index (χ2v) is 7.55. The van der Waals surface area contributed by atoms with Crippen LogP contribution >= 0.6 is 0 Å². The van der Waals surface area contributed by atoms with Gasteiger partial charge in [-0.1, -0.05) is 0 Å². The first-order valence-electron chi connectivity index (χ1n) is 10.1. The molecule has 0 bridgehead atoms. The zero-order valence-electron chi connectivity index (χ0n) is 17.5. The third kappa shape index (κ3) is 3.79. The number of aryl methyl sites for hydroxylation is 1. The number of nitrogens with zero attached hydrogens (tertiary/aromatic N) is 5. The molecule has 1 aromatic carbocycles. The van der Waals surface area contributed by atoms with Crippen molar-refractivity contribution in [3.05, 3.63) is 59.7 Å². The van der Waals surface area contributed by atoms with Gasteiger partial charge < -0.3 is 14.8 Å². The molecule has 164 valence electrons. The van der Waals surface area contributed by atoms with Crippen LogP contribution in [0.5, 0.6) is 11.8 Å². The minimum atomic E-state index is -0.695. The quantitative estimate of drug-likeness (QED) is 0.468. The highest BCUT2D eigenvalue weighted by molar-refractivity contribution is 5.80. The van der Waals surface area contributed by atoms with E-state index in [2.05, 4.69) is 25.5 Å². The summed E-state index contributed by atoms with van der Waals surface area (Å²) in [5, 5.41) is 11.4. The number of nitrogens with one attached hydrogen (secondary N) is 1. The summed E-state index contributed by atoms with van der Waals surface area (Å²) in [6, 6.07) is 6.05. The molecule has 10 heteroatoms. The largest absolute Gasteiger partial charge is 0.496 e. The van der Waals surface area contributed by atoms with E-state index >= 15 is 0 Å². The van der Waals surface area contributed by atoms with Crippen molar-refractivity contribution >= 4 is 11.5 Å². The number of hydrogen-bond donors (Lipinski definition) is 1. The molecule has 5 rings (SSSR count). The lowest BCUT2D eigenvalue weighted by molar-refractivity contribution is 0.277. The maximum absolute atomic E-state index is 14.3. The van der Waals surface area contributed by atoms with E-state index in [9.17, 15) is 8.78 Å². The molecular formula is C22H20F2N6O2. The Morgan fingerprint density at radius 3 is 2.78 bits per heavy atom. The van der Waals surface area contributed by atoms with Crippen LogP contribution in [0.4, 0.5) is 14.6 Å². The number of anilines is 1. The van der Waals surface area contributed by atoms with Gasteiger partial charge in [-0.3, -0.25) is 4.40 Å². The summed E-state index contributed by atoms with van der Waals surface area (Å²) < 4.78 is 40.3. The second kappa shape index (κ2) is 8.03. The van der Waals surface area contributed by atoms with Gasteiger partial charge in [-0.05, 0) is 31.9 Å². The topological polar surface area (TPSA) is 86.5 Å². The van der Waals surface area contributed by atoms with Crippen molar-refractivity contribution in [2.24, 2.45) is 0 Å². The van der Waals surface area contributed by atoms with E-state index in [1.807, 2.05) is 19.1 Å². The zero-order valence-corrected chi connectivity index (χ0v) is 17.5. The van der Waals surface area contributed by atoms with Gasteiger partial charge in [-0.2, -0.15) is 4.98 Å². The van der Waals surface area contributed by atoms with E-state index in [1.165, 1.54) is 7.11 Å². The average Bonchev–Trinajstić information content (AvgIpc) is 3.44. The fraction of sp³-hybridized carbons (Fsp3) is 0.273. The van der Waals surface area contributed by atoms with Gasteiger partial charge in [0, 0.05) is 41.6 Å². The standard InChI is InChI=1S/C22H20F2N6O2/c1-12-16(9-26-22(28-12)32-14-3-4-14)15-5-6-20(30-11-27-29-21(15)30)25-10-17-18(24)7-13(23)8-19(17)31-2/h5-9,11,14,25H,3-4,10H2,1-2H3. The van der Waals surface area contributed by atoms with E-state index in [-0.39, 0.29) is 24.0 Å². The molecule has 1 N–H and O–H groups in total. The minimum absolute atomic E-state index is 0.0806. The molecular weight excluding hydrogens is 418 g/mol. The fourth-order valence-electron chi connectivity index (χ4n) is 3.48. The van der Waals surface area contributed by atoms with Gasteiger partial charge in [-0.15, -0.1) is 10.2 Å². The first-order valence-corrected chi connectivity index (χ1v) is 10.1. The first kappa shape index (κ1) is 20.1. The summed E-state index contributed by atoms with van der Waals surface area (Å²) >= 11 is 0. The third-order valence-corrected chi connectivity index (χ3v) is 5.29. The summed E-state index contributed by atoms with van der Waals surface area (Å²) in [4.78, 5) is 8.79. The molecule has 0 spiro atoms. The van der Waals surface area contributed by atoms with Gasteiger partial charge in [0.2, 0.25) is 0 Å². The maximum atomic E-state index is 14.3. The Morgan fingerprint density at radius 1 is 1.19 bits per heavy atom. The molecule has 4 aromatic rings. The lowest BCUT2D eigenvalue weighted by Crippen LogP contribution is -2.08. The molecule has 3 aromatic heterocycles. The SMILES string of the molecule is COc1cc(F)cc(F)c1CNc1ccc(-c2cnc(OC3CC3)nc2C)c2nncn12. The Morgan fingerprint density at radius 2 is 2.03 bits per heavy atom. The summed E-state index contributed by atoms with van der Waals surface area (Å²) in [6.07, 6.45) is 5.56. The molecule has 0 unspecified atom stereocenters. The van der Waals surface area contributed by atoms with Crippen LogP contribution < -0.4 is 14.8 Å². The van der Waals surface area contributed by atoms with Gasteiger partial charge >= 0.3 is 6.01 Å². The zero-order chi connectivity index (χ0) is 22.2. The van der Waals surface area contributed by atoms with E-state index in [0.717, 1.165) is 41.8 Å². The number of pyridine rings is 1. The lowest BCUT2D eigenvalue weighted by Gasteiger charge is -2.14. The monoisotopic (exact) mass is 438 g/mol. The van der Waals surface area contributed by atoms with Crippen LogP contribution in [0, 0.1) is 18.6 Å². The number of halogens is 2. The Labute approximate surface area is 182 Å². The highest BCUT2D eigenvalue weighted by Crippen LogP contribution is 2.31. The van der Waals surface area contributed by atoms with Crippen LogP contribution in [0.3, 0.4) is 0 Å². The Hall–Kier alpha value is -3.82. The van der Waals surface area contributed by atoms with Crippen LogP contribution in [0.25, 0.3) is 16.8 Å². The molecule has 3 heterocycles. The highest BCUT2D eigenvalue weighted by Gasteiger charge is 2.25. The van der Waals surface area contributed by atoms with Crippen molar-refractivity contribution in [1.82, 2.24) is 24.6 Å². The number of aromatic nitrogens is 5. The van der Waals surface area contributed by atoms with Gasteiger partial charge in [0.1, 0.15) is 35.6 Å². The minimum Gasteiger partial charge on any atom is -0.496 e. The smallest absolute Gasteiger partial charge is 0.316 e. The Balaban J connectivity index is 1.44. The molecule has 1 saturated carbocycles. The van der Waals surface area contributed by atoms with E-state index in [4.69, 9.17) is 9.47 Å². The van der Waals surface area contributed by atoms with Gasteiger partial charge in [0.05, 0.1) is 12.8 Å². The molecule has 0 atom stereocenters. The van der Waals surface area contributed by atoms with Crippen LogP contribution in [-0.2, 0) is 6.54 Å². The lowest BCUT2D eigenvalue weighted by atomic mass is 10.1. The molecule has 0 aliphatic heterocycles. The number of fused-ring (bicyclic) bond motifs is 1. The van der Waals surface area contributed by atoms with Crippen molar-refractivity contribution < 1.29 is 18.3 Å². The number of hydrogen-bond acceptors (Lipinski definition) is 7. The van der Waals surface area contributed by atoms with Crippen molar-refractivity contribution in [2.75, 3.05) is 12.4 Å². The molecule has 32 heavy (non-hydrogen) atoms. The molecule has 1 fully saturated rings. The van der Waals surface area contributed by atoms with Crippen molar-refractivity contribution in [1.29, 1.82) is 0 Å². The fourth-order valence-corrected chi connectivity index (χ4v) is 3.48. The van der Waals surface area contributed by atoms with Crippen molar-refractivity contribution in [3.8, 4) is 22.9 Å². The number of ether oxygens (including phenoxy) is 2. The van der Waals surface area contributed by atoms with Crippen LogP contribution in [0.1, 0.15) is 24.1 Å². The van der Waals surface area contributed by atoms with Crippen LogP contribution in [0.15, 0.2) is 36.8 Å². The summed E-state index contributed by atoms with van der Waals surface area (Å²) in [5.74, 6) is -0.619. The Bertz CT molecular complexity index is 1310.